The zero-order chi connectivity index (χ0) is 24.0. The maximum Gasteiger partial charge on any atom is 0.255 e. The summed E-state index contributed by atoms with van der Waals surface area (Å²) in [5, 5.41) is 10.1. The molecule has 0 aliphatic carbocycles. The molecule has 0 unspecified atom stereocenters. The standard InChI is InChI=1S/C27H28N4O3S/c1-33-22-11-9-20(10-12-22)26-23(19-31(29-26)21-6-3-2-4-7-21)27(32)28-18-24(25-8-5-17-35-25)30-13-15-34-16-14-30/h2-12,17,19,24H,13-16,18H2,1H3,(H,28,32)/t24-/m1/s1. The third kappa shape index (κ3) is 5.30. The molecule has 1 aliphatic heterocycles. The predicted octanol–water partition coefficient (Wildman–Crippen LogP) is 4.41. The molecule has 180 valence electrons. The van der Waals surface area contributed by atoms with Crippen molar-refractivity contribution in [1.29, 1.82) is 0 Å². The van der Waals surface area contributed by atoms with Crippen LogP contribution >= 0.6 is 11.3 Å². The zero-order valence-electron chi connectivity index (χ0n) is 19.6. The Labute approximate surface area is 208 Å². The molecule has 8 heteroatoms. The van der Waals surface area contributed by atoms with Gasteiger partial charge in [-0.2, -0.15) is 5.10 Å². The van der Waals surface area contributed by atoms with Crippen LogP contribution in [0.3, 0.4) is 0 Å². The molecule has 1 aliphatic rings. The first-order chi connectivity index (χ1) is 17.2. The van der Waals surface area contributed by atoms with Gasteiger partial charge in [0.05, 0.1) is 37.6 Å². The van der Waals surface area contributed by atoms with Crippen molar-refractivity contribution in [2.24, 2.45) is 0 Å². The summed E-state index contributed by atoms with van der Waals surface area (Å²) in [6.07, 6.45) is 1.80. The van der Waals surface area contributed by atoms with E-state index in [0.717, 1.165) is 30.1 Å². The summed E-state index contributed by atoms with van der Waals surface area (Å²) in [6, 6.07) is 21.7. The predicted molar refractivity (Wildman–Crippen MR) is 137 cm³/mol. The number of morpholine rings is 1. The van der Waals surface area contributed by atoms with Crippen molar-refractivity contribution in [2.75, 3.05) is 40.0 Å². The number of amides is 1. The van der Waals surface area contributed by atoms with E-state index in [9.17, 15) is 4.79 Å². The van der Waals surface area contributed by atoms with Gasteiger partial charge < -0.3 is 14.8 Å². The number of benzene rings is 2. The van der Waals surface area contributed by atoms with Crippen LogP contribution < -0.4 is 10.1 Å². The highest BCUT2D eigenvalue weighted by atomic mass is 32.1. The van der Waals surface area contributed by atoms with E-state index >= 15 is 0 Å². The summed E-state index contributed by atoms with van der Waals surface area (Å²) in [4.78, 5) is 17.2. The Kier molecular flexibility index (Phi) is 7.23. The largest absolute Gasteiger partial charge is 0.497 e. The van der Waals surface area contributed by atoms with Crippen LogP contribution in [-0.4, -0.2) is 60.5 Å². The molecule has 2 aromatic carbocycles. The minimum Gasteiger partial charge on any atom is -0.497 e. The lowest BCUT2D eigenvalue weighted by Gasteiger charge is -2.34. The Balaban J connectivity index is 1.43. The Morgan fingerprint density at radius 3 is 2.54 bits per heavy atom. The monoisotopic (exact) mass is 488 g/mol. The quantitative estimate of drug-likeness (QED) is 0.398. The van der Waals surface area contributed by atoms with Gasteiger partial charge in [-0.05, 0) is 47.8 Å². The van der Waals surface area contributed by atoms with Crippen LogP contribution in [0.25, 0.3) is 16.9 Å². The number of rotatable bonds is 8. The van der Waals surface area contributed by atoms with Crippen LogP contribution in [0.5, 0.6) is 5.75 Å². The number of nitrogens with zero attached hydrogens (tertiary/aromatic N) is 3. The number of hydrogen-bond donors (Lipinski definition) is 1. The maximum atomic E-state index is 13.5. The van der Waals surface area contributed by atoms with Gasteiger partial charge in [0, 0.05) is 36.3 Å². The Hall–Kier alpha value is -3.46. The third-order valence-corrected chi connectivity index (χ3v) is 7.13. The van der Waals surface area contributed by atoms with Crippen molar-refractivity contribution in [3.05, 3.63) is 88.7 Å². The normalized spacial score (nSPS) is 15.0. The van der Waals surface area contributed by atoms with Crippen molar-refractivity contribution < 1.29 is 14.3 Å². The van der Waals surface area contributed by atoms with E-state index in [2.05, 4.69) is 27.7 Å². The third-order valence-electron chi connectivity index (χ3n) is 6.16. The molecule has 3 heterocycles. The Morgan fingerprint density at radius 2 is 1.86 bits per heavy atom. The number of methoxy groups -OCH3 is 1. The second-order valence-corrected chi connectivity index (χ2v) is 9.27. The highest BCUT2D eigenvalue weighted by Crippen LogP contribution is 2.28. The maximum absolute atomic E-state index is 13.5. The highest BCUT2D eigenvalue weighted by Gasteiger charge is 2.25. The van der Waals surface area contributed by atoms with Crippen molar-refractivity contribution in [3.8, 4) is 22.7 Å². The summed E-state index contributed by atoms with van der Waals surface area (Å²) in [5.41, 5.74) is 2.92. The topological polar surface area (TPSA) is 68.6 Å². The first-order valence-electron chi connectivity index (χ1n) is 11.7. The minimum absolute atomic E-state index is 0.108. The number of ether oxygens (including phenoxy) is 2. The summed E-state index contributed by atoms with van der Waals surface area (Å²) < 4.78 is 12.6. The molecule has 0 saturated carbocycles. The van der Waals surface area contributed by atoms with Crippen LogP contribution in [0.15, 0.2) is 78.3 Å². The Morgan fingerprint density at radius 1 is 1.09 bits per heavy atom. The molecule has 1 amide bonds. The summed E-state index contributed by atoms with van der Waals surface area (Å²) in [7, 11) is 1.64. The van der Waals surface area contributed by atoms with Gasteiger partial charge >= 0.3 is 0 Å². The number of carbonyl (C=O) groups is 1. The second-order valence-electron chi connectivity index (χ2n) is 8.29. The summed E-state index contributed by atoms with van der Waals surface area (Å²) in [6.45, 7) is 3.63. The fourth-order valence-corrected chi connectivity index (χ4v) is 5.14. The number of aromatic nitrogens is 2. The fourth-order valence-electron chi connectivity index (χ4n) is 4.28. The minimum atomic E-state index is -0.146. The SMILES string of the molecule is COc1ccc(-c2nn(-c3ccccc3)cc2C(=O)NC[C@H](c2cccs2)N2CCOCC2)cc1. The summed E-state index contributed by atoms with van der Waals surface area (Å²) in [5.74, 6) is 0.611. The molecule has 2 aromatic heterocycles. The van der Waals surface area contributed by atoms with Gasteiger partial charge in [0.25, 0.3) is 5.91 Å². The van der Waals surface area contributed by atoms with Gasteiger partial charge in [0.2, 0.25) is 0 Å². The fraction of sp³-hybridized carbons (Fsp3) is 0.259. The zero-order valence-corrected chi connectivity index (χ0v) is 20.4. The molecule has 0 spiro atoms. The lowest BCUT2D eigenvalue weighted by molar-refractivity contribution is 0.0169. The number of hydrogen-bond acceptors (Lipinski definition) is 6. The Bertz CT molecular complexity index is 1230. The van der Waals surface area contributed by atoms with Gasteiger partial charge in [0.1, 0.15) is 11.4 Å². The van der Waals surface area contributed by atoms with Crippen LogP contribution in [0.4, 0.5) is 0 Å². The molecule has 35 heavy (non-hydrogen) atoms. The van der Waals surface area contributed by atoms with Crippen LogP contribution in [0.1, 0.15) is 21.3 Å². The molecule has 5 rings (SSSR count). The lowest BCUT2D eigenvalue weighted by Crippen LogP contribution is -2.43. The van der Waals surface area contributed by atoms with Crippen molar-refractivity contribution in [3.63, 3.8) is 0 Å². The molecule has 4 aromatic rings. The van der Waals surface area contributed by atoms with Crippen molar-refractivity contribution in [2.45, 2.75) is 6.04 Å². The molecule has 1 saturated heterocycles. The number of thiophene rings is 1. The molecule has 1 fully saturated rings. The molecule has 0 bridgehead atoms. The van der Waals surface area contributed by atoms with Crippen LogP contribution in [0.2, 0.25) is 0 Å². The van der Waals surface area contributed by atoms with E-state index in [1.165, 1.54) is 4.88 Å². The summed E-state index contributed by atoms with van der Waals surface area (Å²) >= 11 is 1.71. The average molecular weight is 489 g/mol. The van der Waals surface area contributed by atoms with Crippen LogP contribution in [-0.2, 0) is 4.74 Å². The van der Waals surface area contributed by atoms with Gasteiger partial charge in [-0.1, -0.05) is 24.3 Å². The number of nitrogens with one attached hydrogen (secondary N) is 1. The van der Waals surface area contributed by atoms with E-state index in [4.69, 9.17) is 14.6 Å². The molecule has 7 nitrogen and oxygen atoms in total. The number of para-hydroxylation sites is 1. The van der Waals surface area contributed by atoms with Gasteiger partial charge in [-0.3, -0.25) is 9.69 Å². The molecule has 1 atom stereocenters. The van der Waals surface area contributed by atoms with Crippen LogP contribution in [0, 0.1) is 0 Å². The van der Waals surface area contributed by atoms with E-state index in [0.29, 0.717) is 31.0 Å². The number of carbonyl (C=O) groups excluding carboxylic acids is 1. The van der Waals surface area contributed by atoms with Crippen molar-refractivity contribution >= 4 is 17.2 Å². The molecule has 1 N–H and O–H groups in total. The van der Waals surface area contributed by atoms with E-state index < -0.39 is 0 Å². The smallest absolute Gasteiger partial charge is 0.255 e. The first-order valence-corrected chi connectivity index (χ1v) is 12.5. The second kappa shape index (κ2) is 10.9. The van der Waals surface area contributed by atoms with Crippen molar-refractivity contribution in [1.82, 2.24) is 20.0 Å². The molecular formula is C27H28N4O3S. The molecule has 0 radical (unpaired) electrons. The van der Waals surface area contributed by atoms with Gasteiger partial charge in [0.15, 0.2) is 0 Å². The average Bonchev–Trinajstić information content (AvgIpc) is 3.61. The van der Waals surface area contributed by atoms with Gasteiger partial charge in [-0.25, -0.2) is 4.68 Å². The van der Waals surface area contributed by atoms with E-state index in [-0.39, 0.29) is 11.9 Å². The first kappa shape index (κ1) is 23.3. The van der Waals surface area contributed by atoms with Gasteiger partial charge in [-0.15, -0.1) is 11.3 Å². The highest BCUT2D eigenvalue weighted by molar-refractivity contribution is 7.10. The van der Waals surface area contributed by atoms with E-state index in [1.54, 1.807) is 29.3 Å². The molecular weight excluding hydrogens is 460 g/mol. The lowest BCUT2D eigenvalue weighted by atomic mass is 10.1. The van der Waals surface area contributed by atoms with E-state index in [1.807, 2.05) is 54.6 Å².